The van der Waals surface area contributed by atoms with E-state index in [0.29, 0.717) is 6.42 Å². The number of hydrogen-bond donors (Lipinski definition) is 5. The van der Waals surface area contributed by atoms with Crippen molar-refractivity contribution in [3.63, 3.8) is 0 Å². The number of hydrogen-bond acceptors (Lipinski definition) is 11. The van der Waals surface area contributed by atoms with Gasteiger partial charge in [-0.05, 0) is 70.6 Å². The normalized spacial score (nSPS) is 12.9. The Kier molecular flexibility index (Phi) is 61.7. The van der Waals surface area contributed by atoms with Crippen LogP contribution in [0.1, 0.15) is 310 Å². The van der Waals surface area contributed by atoms with Crippen molar-refractivity contribution in [2.24, 2.45) is 0 Å². The molecule has 0 saturated heterocycles. The summed E-state index contributed by atoms with van der Waals surface area (Å²) in [5.74, 6) is -2.16. The minimum atomic E-state index is -0.971. The number of carboxylic acid groups (broad SMARTS) is 2. The molecule has 4 unspecified atom stereocenters. The van der Waals surface area contributed by atoms with Crippen LogP contribution in [0.25, 0.3) is 0 Å². The highest BCUT2D eigenvalue weighted by Crippen LogP contribution is 2.17. The number of aliphatic hydroxyl groups is 5. The smallest absolute Gasteiger partial charge is 0.305 e. The van der Waals surface area contributed by atoms with Crippen LogP contribution in [0.2, 0.25) is 0 Å². The summed E-state index contributed by atoms with van der Waals surface area (Å²) in [6.45, 7) is 6.12. The standard InChI is InChI=1S/C21H42O5.2C18H36O3/c1-2-3-4-11-14-19(23)15-12-9-7-5-6-8-10-13-16-21(25)26-18-20(24)17-22;2*1-2-3-4-11-14-17(19)15-12-9-7-5-6-8-10-13-16-18(20)21/h19-20,22-24H,2-18H2,1H3;2*17,19H,2-16H2,1H3,(H,20,21)/p-2. The van der Waals surface area contributed by atoms with Gasteiger partial charge in [-0.25, -0.2) is 0 Å². The number of esters is 1. The third kappa shape index (κ3) is 66.3. The number of carbonyl (C=O) groups excluding carboxylic acids is 3. The Morgan fingerprint density at radius 2 is 0.559 bits per heavy atom. The molecule has 11 heteroatoms. The van der Waals surface area contributed by atoms with Gasteiger partial charge in [-0.3, -0.25) is 4.79 Å². The Bertz CT molecular complexity index is 964. The van der Waals surface area contributed by atoms with Gasteiger partial charge < -0.3 is 50.1 Å². The number of carboxylic acids is 2. The van der Waals surface area contributed by atoms with Gasteiger partial charge in [0.2, 0.25) is 0 Å². The third-order valence-electron chi connectivity index (χ3n) is 12.8. The molecule has 0 aliphatic heterocycles. The van der Waals surface area contributed by atoms with Crippen molar-refractivity contribution in [2.45, 2.75) is 334 Å². The summed E-state index contributed by atoms with van der Waals surface area (Å²) in [4.78, 5) is 31.8. The van der Waals surface area contributed by atoms with Gasteiger partial charge in [0.1, 0.15) is 12.7 Å². The van der Waals surface area contributed by atoms with Crippen LogP contribution in [0.3, 0.4) is 0 Å². The predicted molar refractivity (Wildman–Crippen MR) is 277 cm³/mol. The Morgan fingerprint density at radius 3 is 0.794 bits per heavy atom. The highest BCUT2D eigenvalue weighted by Gasteiger charge is 2.08. The number of carbonyl (C=O) groups is 3. The van der Waals surface area contributed by atoms with Crippen molar-refractivity contribution in [3.05, 3.63) is 0 Å². The van der Waals surface area contributed by atoms with E-state index in [1.54, 1.807) is 0 Å². The van der Waals surface area contributed by atoms with E-state index in [1.165, 1.54) is 148 Å². The lowest BCUT2D eigenvalue weighted by molar-refractivity contribution is -0.307. The fourth-order valence-electron chi connectivity index (χ4n) is 8.30. The first-order chi connectivity index (χ1) is 32.9. The van der Waals surface area contributed by atoms with Crippen molar-refractivity contribution in [1.82, 2.24) is 0 Å². The number of rotatable bonds is 51. The molecule has 0 heterocycles. The summed E-state index contributed by atoms with van der Waals surface area (Å²) >= 11 is 0. The Labute approximate surface area is 418 Å². The molecule has 0 aliphatic rings. The van der Waals surface area contributed by atoms with Crippen LogP contribution < -0.4 is 10.2 Å². The van der Waals surface area contributed by atoms with Crippen LogP contribution in [0.4, 0.5) is 0 Å². The first-order valence-corrected chi connectivity index (χ1v) is 28.8. The third-order valence-corrected chi connectivity index (χ3v) is 12.8. The average molecular weight is 974 g/mol. The predicted octanol–water partition coefficient (Wildman–Crippen LogP) is 12.1. The van der Waals surface area contributed by atoms with Gasteiger partial charge in [-0.1, -0.05) is 233 Å². The monoisotopic (exact) mass is 973 g/mol. The van der Waals surface area contributed by atoms with Crippen molar-refractivity contribution in [1.29, 1.82) is 0 Å². The van der Waals surface area contributed by atoms with E-state index >= 15 is 0 Å². The van der Waals surface area contributed by atoms with Gasteiger partial charge in [-0.2, -0.15) is 0 Å². The van der Waals surface area contributed by atoms with Crippen molar-refractivity contribution < 1.29 is 54.9 Å². The molecular weight excluding hydrogens is 861 g/mol. The molecule has 0 rings (SSSR count). The fraction of sp³-hybridized carbons (Fsp3) is 0.947. The molecule has 0 aliphatic carbocycles. The van der Waals surface area contributed by atoms with E-state index in [0.717, 1.165) is 122 Å². The van der Waals surface area contributed by atoms with E-state index in [4.69, 9.17) is 14.9 Å². The average Bonchev–Trinajstić information content (AvgIpc) is 3.31. The molecule has 0 saturated carbocycles. The number of aliphatic hydroxyl groups excluding tert-OH is 5. The molecule has 0 aromatic carbocycles. The van der Waals surface area contributed by atoms with E-state index in [2.05, 4.69) is 20.8 Å². The molecule has 0 amide bonds. The molecule has 0 spiro atoms. The molecule has 5 N–H and O–H groups in total. The number of unbranched alkanes of at least 4 members (excludes halogenated alkanes) is 30. The minimum absolute atomic E-state index is 0.0912. The van der Waals surface area contributed by atoms with Crippen LogP contribution in [-0.2, 0) is 19.1 Å². The SMILES string of the molecule is CCCCCCC(O)CCCCCCCCCCC(=O)OCC(O)CO.CCCCCCC(O)CCCCCCCCCCC(=O)[O-].CCCCCCC(O)CCCCCCCCCCC(=O)[O-]. The van der Waals surface area contributed by atoms with E-state index in [9.17, 15) is 39.9 Å². The Balaban J connectivity index is -0.000000940. The van der Waals surface area contributed by atoms with Crippen molar-refractivity contribution in [3.8, 4) is 0 Å². The van der Waals surface area contributed by atoms with Crippen LogP contribution in [0.15, 0.2) is 0 Å². The molecule has 11 nitrogen and oxygen atoms in total. The molecule has 68 heavy (non-hydrogen) atoms. The minimum Gasteiger partial charge on any atom is -0.550 e. The van der Waals surface area contributed by atoms with E-state index < -0.39 is 18.0 Å². The summed E-state index contributed by atoms with van der Waals surface area (Å²) in [6, 6.07) is 0. The summed E-state index contributed by atoms with van der Waals surface area (Å²) in [5.41, 5.74) is 0. The Hall–Kier alpha value is -1.79. The fourth-order valence-corrected chi connectivity index (χ4v) is 8.30. The van der Waals surface area contributed by atoms with Crippen LogP contribution >= 0.6 is 0 Å². The summed E-state index contributed by atoms with van der Waals surface area (Å²) in [7, 11) is 0. The van der Waals surface area contributed by atoms with Crippen molar-refractivity contribution in [2.75, 3.05) is 13.2 Å². The topological polar surface area (TPSA) is 208 Å². The molecule has 408 valence electrons. The lowest BCUT2D eigenvalue weighted by Gasteiger charge is -2.10. The second-order valence-corrected chi connectivity index (χ2v) is 19.9. The molecule has 0 aromatic rings. The summed E-state index contributed by atoms with van der Waals surface area (Å²) < 4.78 is 4.85. The summed E-state index contributed by atoms with van der Waals surface area (Å²) in [6.07, 6.45) is 46.9. The first kappa shape index (κ1) is 70.5. The van der Waals surface area contributed by atoms with E-state index in [-0.39, 0.29) is 50.3 Å². The first-order valence-electron chi connectivity index (χ1n) is 28.8. The van der Waals surface area contributed by atoms with Crippen molar-refractivity contribution >= 4 is 17.9 Å². The molecule has 0 aromatic heterocycles. The molecule has 4 atom stereocenters. The van der Waals surface area contributed by atoms with Gasteiger partial charge >= 0.3 is 5.97 Å². The van der Waals surface area contributed by atoms with Crippen LogP contribution in [-0.4, -0.2) is 81.1 Å². The van der Waals surface area contributed by atoms with Gasteiger partial charge in [0.15, 0.2) is 0 Å². The van der Waals surface area contributed by atoms with E-state index in [1.807, 2.05) is 0 Å². The zero-order valence-corrected chi connectivity index (χ0v) is 44.7. The molecule has 0 fully saturated rings. The highest BCUT2D eigenvalue weighted by molar-refractivity contribution is 5.69. The zero-order valence-electron chi connectivity index (χ0n) is 44.7. The number of aliphatic carboxylic acids is 2. The second-order valence-electron chi connectivity index (χ2n) is 19.9. The van der Waals surface area contributed by atoms with Gasteiger partial charge in [0, 0.05) is 18.4 Å². The van der Waals surface area contributed by atoms with Gasteiger partial charge in [0.05, 0.1) is 24.9 Å². The quantitative estimate of drug-likeness (QED) is 0.0286. The lowest BCUT2D eigenvalue weighted by Crippen LogP contribution is -2.21. The number of ether oxygens (including phenoxy) is 1. The Morgan fingerprint density at radius 1 is 0.338 bits per heavy atom. The molecule has 0 bridgehead atoms. The maximum Gasteiger partial charge on any atom is 0.305 e. The molecule has 0 radical (unpaired) electrons. The molecular formula is C57H112O11-2. The van der Waals surface area contributed by atoms with Gasteiger partial charge in [-0.15, -0.1) is 0 Å². The largest absolute Gasteiger partial charge is 0.550 e. The van der Waals surface area contributed by atoms with Crippen LogP contribution in [0.5, 0.6) is 0 Å². The van der Waals surface area contributed by atoms with Crippen LogP contribution in [0, 0.1) is 0 Å². The second kappa shape index (κ2) is 59.5. The highest BCUT2D eigenvalue weighted by atomic mass is 16.5. The summed E-state index contributed by atoms with van der Waals surface area (Å²) in [5, 5.41) is 67.8. The lowest BCUT2D eigenvalue weighted by atomic mass is 10.0. The zero-order chi connectivity index (χ0) is 51.0. The van der Waals surface area contributed by atoms with Gasteiger partial charge in [0.25, 0.3) is 0 Å². The maximum atomic E-state index is 11.4. The maximum absolute atomic E-state index is 11.4.